The minimum Gasteiger partial charge on any atom is -0.328 e. The van der Waals surface area contributed by atoms with E-state index in [1.54, 1.807) is 4.90 Å². The summed E-state index contributed by atoms with van der Waals surface area (Å²) in [6.45, 7) is 6.83. The molecular weight excluding hydrogens is 198 g/mol. The molecule has 1 rings (SSSR count). The molecule has 0 fully saturated rings. The van der Waals surface area contributed by atoms with Crippen LogP contribution in [0.4, 0.5) is 0 Å². The lowest BCUT2D eigenvalue weighted by atomic mass is 10.0. The van der Waals surface area contributed by atoms with Crippen LogP contribution in [0, 0.1) is 26.2 Å². The highest BCUT2D eigenvalue weighted by Gasteiger charge is 2.16. The molecule has 0 atom stereocenters. The number of hydrogen-bond acceptors (Lipinski definition) is 1. The van der Waals surface area contributed by atoms with Crippen LogP contribution in [0.2, 0.25) is 0 Å². The second-order valence-electron chi connectivity index (χ2n) is 3.79. The Morgan fingerprint density at radius 3 is 2.38 bits per heavy atom. The lowest BCUT2D eigenvalue weighted by Crippen LogP contribution is -2.32. The standard InChI is InChI=1S/C14H17NO/c1-5-10-15(6-2)14(16)13-11(3)8-7-9-12(13)4/h1,7-9H,6,10H2,2-4H3. The van der Waals surface area contributed by atoms with Crippen LogP contribution < -0.4 is 0 Å². The van der Waals surface area contributed by atoms with Gasteiger partial charge < -0.3 is 4.90 Å². The zero-order valence-corrected chi connectivity index (χ0v) is 10.1. The minimum absolute atomic E-state index is 0.0241. The fraction of sp³-hybridized carbons (Fsp3) is 0.357. The van der Waals surface area contributed by atoms with Crippen LogP contribution >= 0.6 is 0 Å². The molecule has 16 heavy (non-hydrogen) atoms. The van der Waals surface area contributed by atoms with E-state index in [1.807, 2.05) is 39.0 Å². The van der Waals surface area contributed by atoms with Crippen LogP contribution in [0.15, 0.2) is 18.2 Å². The highest BCUT2D eigenvalue weighted by atomic mass is 16.2. The molecule has 0 bridgehead atoms. The van der Waals surface area contributed by atoms with Gasteiger partial charge in [-0.1, -0.05) is 24.1 Å². The summed E-state index contributed by atoms with van der Waals surface area (Å²) in [6, 6.07) is 5.85. The van der Waals surface area contributed by atoms with E-state index in [0.29, 0.717) is 13.1 Å². The number of benzene rings is 1. The van der Waals surface area contributed by atoms with Crippen molar-refractivity contribution in [1.82, 2.24) is 4.90 Å². The quantitative estimate of drug-likeness (QED) is 0.709. The number of carbonyl (C=O) groups is 1. The van der Waals surface area contributed by atoms with Gasteiger partial charge in [0.25, 0.3) is 5.91 Å². The van der Waals surface area contributed by atoms with Gasteiger partial charge in [-0.05, 0) is 31.9 Å². The smallest absolute Gasteiger partial charge is 0.255 e. The van der Waals surface area contributed by atoms with Crippen molar-refractivity contribution in [2.75, 3.05) is 13.1 Å². The van der Waals surface area contributed by atoms with Gasteiger partial charge in [0.2, 0.25) is 0 Å². The van der Waals surface area contributed by atoms with Crippen molar-refractivity contribution in [3.8, 4) is 12.3 Å². The van der Waals surface area contributed by atoms with E-state index in [9.17, 15) is 4.79 Å². The lowest BCUT2D eigenvalue weighted by Gasteiger charge is -2.20. The molecule has 0 heterocycles. The number of carbonyl (C=O) groups excluding carboxylic acids is 1. The predicted molar refractivity (Wildman–Crippen MR) is 66.3 cm³/mol. The average Bonchev–Trinajstić information content (AvgIpc) is 2.25. The van der Waals surface area contributed by atoms with Crippen molar-refractivity contribution in [3.05, 3.63) is 34.9 Å². The van der Waals surface area contributed by atoms with E-state index in [0.717, 1.165) is 16.7 Å². The molecule has 0 unspecified atom stereocenters. The summed E-state index contributed by atoms with van der Waals surface area (Å²) in [6.07, 6.45) is 5.25. The second kappa shape index (κ2) is 5.37. The van der Waals surface area contributed by atoms with Crippen molar-refractivity contribution in [2.24, 2.45) is 0 Å². The van der Waals surface area contributed by atoms with E-state index < -0.39 is 0 Å². The second-order valence-corrected chi connectivity index (χ2v) is 3.79. The Bertz CT molecular complexity index is 409. The zero-order valence-electron chi connectivity index (χ0n) is 10.1. The van der Waals surface area contributed by atoms with Gasteiger partial charge in [0.1, 0.15) is 0 Å². The Balaban J connectivity index is 3.09. The SMILES string of the molecule is C#CCN(CC)C(=O)c1c(C)cccc1C. The maximum absolute atomic E-state index is 12.2. The Morgan fingerprint density at radius 1 is 1.38 bits per heavy atom. The monoisotopic (exact) mass is 215 g/mol. The van der Waals surface area contributed by atoms with Crippen molar-refractivity contribution >= 4 is 5.91 Å². The molecule has 0 radical (unpaired) electrons. The molecule has 1 amide bonds. The molecule has 0 saturated heterocycles. The first kappa shape index (κ1) is 12.3. The number of nitrogens with zero attached hydrogens (tertiary/aromatic N) is 1. The van der Waals surface area contributed by atoms with Gasteiger partial charge in [0.15, 0.2) is 0 Å². The van der Waals surface area contributed by atoms with Crippen LogP contribution in [0.1, 0.15) is 28.4 Å². The largest absolute Gasteiger partial charge is 0.328 e. The first-order chi connectivity index (χ1) is 7.61. The number of amides is 1. The molecule has 0 spiro atoms. The molecule has 0 aliphatic heterocycles. The summed E-state index contributed by atoms with van der Waals surface area (Å²) in [5.41, 5.74) is 2.78. The predicted octanol–water partition coefficient (Wildman–Crippen LogP) is 2.40. The van der Waals surface area contributed by atoms with Gasteiger partial charge in [-0.3, -0.25) is 4.79 Å². The van der Waals surface area contributed by atoms with E-state index in [4.69, 9.17) is 6.42 Å². The molecular formula is C14H17NO. The third-order valence-corrected chi connectivity index (χ3v) is 2.65. The molecule has 84 valence electrons. The van der Waals surface area contributed by atoms with E-state index in [1.165, 1.54) is 0 Å². The molecule has 0 aliphatic rings. The normalized spacial score (nSPS) is 9.62. The number of hydrogen-bond donors (Lipinski definition) is 0. The van der Waals surface area contributed by atoms with Gasteiger partial charge in [-0.2, -0.15) is 0 Å². The molecule has 0 saturated carbocycles. The van der Waals surface area contributed by atoms with Gasteiger partial charge in [-0.25, -0.2) is 0 Å². The first-order valence-corrected chi connectivity index (χ1v) is 5.40. The fourth-order valence-electron chi connectivity index (χ4n) is 1.75. The molecule has 2 nitrogen and oxygen atoms in total. The molecule has 1 aromatic rings. The Morgan fingerprint density at radius 2 is 1.94 bits per heavy atom. The Labute approximate surface area is 97.3 Å². The third-order valence-electron chi connectivity index (χ3n) is 2.65. The maximum atomic E-state index is 12.2. The van der Waals surface area contributed by atoms with Crippen LogP contribution in [-0.4, -0.2) is 23.9 Å². The van der Waals surface area contributed by atoms with E-state index >= 15 is 0 Å². The zero-order chi connectivity index (χ0) is 12.1. The van der Waals surface area contributed by atoms with Crippen molar-refractivity contribution in [1.29, 1.82) is 0 Å². The molecule has 2 heteroatoms. The fourth-order valence-corrected chi connectivity index (χ4v) is 1.75. The van der Waals surface area contributed by atoms with E-state index in [-0.39, 0.29) is 5.91 Å². The van der Waals surface area contributed by atoms with Crippen molar-refractivity contribution in [3.63, 3.8) is 0 Å². The lowest BCUT2D eigenvalue weighted by molar-refractivity contribution is 0.0783. The van der Waals surface area contributed by atoms with Crippen LogP contribution in [0.3, 0.4) is 0 Å². The Kier molecular flexibility index (Phi) is 4.13. The summed E-state index contributed by atoms with van der Waals surface area (Å²) in [7, 11) is 0. The van der Waals surface area contributed by atoms with Gasteiger partial charge in [-0.15, -0.1) is 6.42 Å². The van der Waals surface area contributed by atoms with Gasteiger partial charge >= 0.3 is 0 Å². The highest BCUT2D eigenvalue weighted by molar-refractivity contribution is 5.97. The summed E-state index contributed by atoms with van der Waals surface area (Å²) in [4.78, 5) is 13.9. The van der Waals surface area contributed by atoms with Crippen LogP contribution in [-0.2, 0) is 0 Å². The molecule has 0 aliphatic carbocycles. The summed E-state index contributed by atoms with van der Waals surface area (Å²) >= 11 is 0. The number of terminal acetylenes is 1. The van der Waals surface area contributed by atoms with Gasteiger partial charge in [0.05, 0.1) is 6.54 Å². The summed E-state index contributed by atoms with van der Waals surface area (Å²) in [5, 5.41) is 0. The Hall–Kier alpha value is -1.75. The van der Waals surface area contributed by atoms with Gasteiger partial charge in [0, 0.05) is 12.1 Å². The minimum atomic E-state index is 0.0241. The van der Waals surface area contributed by atoms with Crippen molar-refractivity contribution < 1.29 is 4.79 Å². The van der Waals surface area contributed by atoms with E-state index in [2.05, 4.69) is 5.92 Å². The molecule has 0 aromatic heterocycles. The molecule has 1 aromatic carbocycles. The number of aryl methyl sites for hydroxylation is 2. The maximum Gasteiger partial charge on any atom is 0.255 e. The van der Waals surface area contributed by atoms with Crippen molar-refractivity contribution in [2.45, 2.75) is 20.8 Å². The summed E-state index contributed by atoms with van der Waals surface area (Å²) < 4.78 is 0. The van der Waals surface area contributed by atoms with Crippen LogP contribution in [0.5, 0.6) is 0 Å². The highest BCUT2D eigenvalue weighted by Crippen LogP contribution is 2.15. The molecule has 0 N–H and O–H groups in total. The topological polar surface area (TPSA) is 20.3 Å². The number of rotatable bonds is 3. The third kappa shape index (κ3) is 2.43. The first-order valence-electron chi connectivity index (χ1n) is 5.40. The average molecular weight is 215 g/mol. The van der Waals surface area contributed by atoms with Crippen LogP contribution in [0.25, 0.3) is 0 Å². The summed E-state index contributed by atoms with van der Waals surface area (Å²) in [5.74, 6) is 2.54.